The van der Waals surface area contributed by atoms with Crippen molar-refractivity contribution in [3.05, 3.63) is 59.9 Å². The predicted octanol–water partition coefficient (Wildman–Crippen LogP) is 4.27. The van der Waals surface area contributed by atoms with Gasteiger partial charge in [-0.05, 0) is 37.3 Å². The molecule has 152 valence electrons. The molecule has 2 aromatic carbocycles. The zero-order chi connectivity index (χ0) is 21.2. The van der Waals surface area contributed by atoms with Crippen molar-refractivity contribution in [2.45, 2.75) is 25.6 Å². The fraction of sp³-hybridized carbons (Fsp3) is 0.200. The lowest BCUT2D eigenvalue weighted by molar-refractivity contribution is -0.152. The van der Waals surface area contributed by atoms with Crippen molar-refractivity contribution in [2.75, 3.05) is 5.32 Å². The van der Waals surface area contributed by atoms with Gasteiger partial charge in [0.1, 0.15) is 11.3 Å². The molecule has 1 heterocycles. The molecule has 1 amide bonds. The summed E-state index contributed by atoms with van der Waals surface area (Å²) in [6.45, 7) is 1.31. The molecule has 2 N–H and O–H groups in total. The van der Waals surface area contributed by atoms with Gasteiger partial charge < -0.3 is 19.6 Å². The number of esters is 1. The van der Waals surface area contributed by atoms with E-state index in [1.165, 1.54) is 31.4 Å². The van der Waals surface area contributed by atoms with Crippen LogP contribution in [0.25, 0.3) is 11.0 Å². The number of aromatic hydroxyl groups is 1. The zero-order valence-electron chi connectivity index (χ0n) is 15.1. The number of phenols is 1. The molecule has 0 bridgehead atoms. The molecule has 1 aromatic heterocycles. The fourth-order valence-corrected chi connectivity index (χ4v) is 2.67. The van der Waals surface area contributed by atoms with Gasteiger partial charge in [-0.2, -0.15) is 13.2 Å². The average molecular weight is 407 g/mol. The summed E-state index contributed by atoms with van der Waals surface area (Å²) in [5.41, 5.74) is -0.0650. The molecule has 29 heavy (non-hydrogen) atoms. The molecule has 6 nitrogen and oxygen atoms in total. The predicted molar refractivity (Wildman–Crippen MR) is 97.2 cm³/mol. The van der Waals surface area contributed by atoms with Crippen LogP contribution in [0, 0.1) is 0 Å². The number of hydrogen-bond donors (Lipinski definition) is 2. The molecule has 0 saturated heterocycles. The number of anilines is 1. The minimum absolute atomic E-state index is 0.0147. The topological polar surface area (TPSA) is 88.8 Å². The molecule has 0 unspecified atom stereocenters. The van der Waals surface area contributed by atoms with Gasteiger partial charge >= 0.3 is 12.1 Å². The van der Waals surface area contributed by atoms with E-state index < -0.39 is 29.7 Å². The van der Waals surface area contributed by atoms with E-state index in [4.69, 9.17) is 9.15 Å². The molecule has 0 aliphatic rings. The van der Waals surface area contributed by atoms with Gasteiger partial charge in [0.05, 0.1) is 18.2 Å². The summed E-state index contributed by atoms with van der Waals surface area (Å²) in [4.78, 5) is 24.3. The van der Waals surface area contributed by atoms with Crippen LogP contribution in [0.15, 0.2) is 53.1 Å². The van der Waals surface area contributed by atoms with Crippen LogP contribution in [0.4, 0.5) is 18.9 Å². The van der Waals surface area contributed by atoms with E-state index in [1.807, 2.05) is 0 Å². The fourth-order valence-electron chi connectivity index (χ4n) is 2.67. The highest BCUT2D eigenvalue weighted by molar-refractivity contribution is 5.95. The lowest BCUT2D eigenvalue weighted by Crippen LogP contribution is -2.30. The van der Waals surface area contributed by atoms with Crippen LogP contribution in [0.1, 0.15) is 18.1 Å². The first kappa shape index (κ1) is 20.2. The Morgan fingerprint density at radius 1 is 1.21 bits per heavy atom. The van der Waals surface area contributed by atoms with Gasteiger partial charge in [0.2, 0.25) is 0 Å². The first-order valence-corrected chi connectivity index (χ1v) is 8.50. The number of hydrogen-bond acceptors (Lipinski definition) is 5. The maximum absolute atomic E-state index is 12.7. The number of furan rings is 1. The summed E-state index contributed by atoms with van der Waals surface area (Å²) >= 11 is 0. The van der Waals surface area contributed by atoms with E-state index >= 15 is 0 Å². The number of phenolic OH excluding ortho intramolecular Hbond substituents is 1. The van der Waals surface area contributed by atoms with Crippen molar-refractivity contribution < 1.29 is 37.0 Å². The number of carbonyl (C=O) groups is 2. The third kappa shape index (κ3) is 4.87. The highest BCUT2D eigenvalue weighted by atomic mass is 19.4. The van der Waals surface area contributed by atoms with Gasteiger partial charge in [-0.15, -0.1) is 0 Å². The van der Waals surface area contributed by atoms with E-state index in [1.54, 1.807) is 6.07 Å². The minimum Gasteiger partial charge on any atom is -0.508 e. The summed E-state index contributed by atoms with van der Waals surface area (Å²) < 4.78 is 48.6. The number of ether oxygens (including phenoxy) is 1. The molecular weight excluding hydrogens is 391 g/mol. The van der Waals surface area contributed by atoms with Crippen LogP contribution in [-0.2, 0) is 26.9 Å². The van der Waals surface area contributed by atoms with Crippen LogP contribution in [0.3, 0.4) is 0 Å². The molecule has 0 spiro atoms. The second kappa shape index (κ2) is 7.86. The van der Waals surface area contributed by atoms with Crippen LogP contribution >= 0.6 is 0 Å². The number of alkyl halides is 3. The Labute approximate surface area is 162 Å². The van der Waals surface area contributed by atoms with Crippen molar-refractivity contribution in [3.8, 4) is 5.75 Å². The van der Waals surface area contributed by atoms with Crippen LogP contribution < -0.4 is 5.32 Å². The van der Waals surface area contributed by atoms with Crippen molar-refractivity contribution in [2.24, 2.45) is 0 Å². The summed E-state index contributed by atoms with van der Waals surface area (Å²) in [6.07, 6.45) is -4.60. The third-order valence-corrected chi connectivity index (χ3v) is 4.11. The Bertz CT molecular complexity index is 1060. The SMILES string of the molecule is C[C@H](OC(=O)Cc1coc2cc(O)ccc12)C(=O)Nc1cccc(C(F)(F)F)c1. The van der Waals surface area contributed by atoms with Gasteiger partial charge in [-0.3, -0.25) is 9.59 Å². The molecule has 0 aliphatic heterocycles. The zero-order valence-corrected chi connectivity index (χ0v) is 15.1. The normalized spacial score (nSPS) is 12.6. The highest BCUT2D eigenvalue weighted by Crippen LogP contribution is 2.30. The quantitative estimate of drug-likeness (QED) is 0.617. The van der Waals surface area contributed by atoms with E-state index in [-0.39, 0.29) is 17.9 Å². The molecule has 0 saturated carbocycles. The molecule has 3 aromatic rings. The third-order valence-electron chi connectivity index (χ3n) is 4.11. The van der Waals surface area contributed by atoms with Gasteiger partial charge in [0.25, 0.3) is 5.91 Å². The highest BCUT2D eigenvalue weighted by Gasteiger charge is 2.30. The van der Waals surface area contributed by atoms with Gasteiger partial charge in [0, 0.05) is 22.7 Å². The van der Waals surface area contributed by atoms with Gasteiger partial charge in [-0.25, -0.2) is 0 Å². The number of rotatable bonds is 5. The number of benzene rings is 2. The Balaban J connectivity index is 1.61. The number of carbonyl (C=O) groups excluding carboxylic acids is 2. The van der Waals surface area contributed by atoms with Crippen molar-refractivity contribution in [1.29, 1.82) is 0 Å². The molecular formula is C20H16F3NO5. The number of fused-ring (bicyclic) bond motifs is 1. The van der Waals surface area contributed by atoms with Gasteiger partial charge in [-0.1, -0.05) is 6.07 Å². The lowest BCUT2D eigenvalue weighted by atomic mass is 10.1. The minimum atomic E-state index is -4.54. The van der Waals surface area contributed by atoms with E-state index in [2.05, 4.69) is 5.32 Å². The second-order valence-electron chi connectivity index (χ2n) is 6.32. The van der Waals surface area contributed by atoms with Crippen molar-refractivity contribution in [3.63, 3.8) is 0 Å². The summed E-state index contributed by atoms with van der Waals surface area (Å²) in [5.74, 6) is -1.46. The standard InChI is InChI=1S/C20H16F3NO5/c1-11(19(27)24-14-4-2-3-13(8-14)20(21,22)23)29-18(26)7-12-10-28-17-9-15(25)5-6-16(12)17/h2-6,8-11,25H,7H2,1H3,(H,24,27)/t11-/m0/s1. The van der Waals surface area contributed by atoms with E-state index in [0.717, 1.165) is 18.2 Å². The molecule has 0 aliphatic carbocycles. The first-order valence-electron chi connectivity index (χ1n) is 8.50. The first-order chi connectivity index (χ1) is 13.6. The maximum atomic E-state index is 12.7. The Morgan fingerprint density at radius 2 is 1.97 bits per heavy atom. The van der Waals surface area contributed by atoms with E-state index in [0.29, 0.717) is 16.5 Å². The monoisotopic (exact) mass is 407 g/mol. The van der Waals surface area contributed by atoms with E-state index in [9.17, 15) is 27.9 Å². The smallest absolute Gasteiger partial charge is 0.416 e. The van der Waals surface area contributed by atoms with Gasteiger partial charge in [0.15, 0.2) is 6.10 Å². The molecule has 3 rings (SSSR count). The maximum Gasteiger partial charge on any atom is 0.416 e. The van der Waals surface area contributed by atoms with Crippen LogP contribution in [0.5, 0.6) is 5.75 Å². The average Bonchev–Trinajstić information content (AvgIpc) is 3.02. The molecule has 0 fully saturated rings. The largest absolute Gasteiger partial charge is 0.508 e. The van der Waals surface area contributed by atoms with Crippen LogP contribution in [-0.4, -0.2) is 23.1 Å². The van der Waals surface area contributed by atoms with Crippen molar-refractivity contribution in [1.82, 2.24) is 0 Å². The second-order valence-corrected chi connectivity index (χ2v) is 6.32. The summed E-state index contributed by atoms with van der Waals surface area (Å²) in [6, 6.07) is 8.56. The summed E-state index contributed by atoms with van der Waals surface area (Å²) in [5, 5.41) is 12.3. The Morgan fingerprint density at radius 3 is 2.69 bits per heavy atom. The van der Waals surface area contributed by atoms with Crippen molar-refractivity contribution >= 4 is 28.5 Å². The summed E-state index contributed by atoms with van der Waals surface area (Å²) in [7, 11) is 0. The molecule has 1 atom stereocenters. The number of amides is 1. The Hall–Kier alpha value is -3.49. The molecule has 0 radical (unpaired) electrons. The number of nitrogens with one attached hydrogen (secondary N) is 1. The molecule has 9 heteroatoms. The Kier molecular flexibility index (Phi) is 5.49. The van der Waals surface area contributed by atoms with Crippen LogP contribution in [0.2, 0.25) is 0 Å². The number of halogens is 3. The lowest BCUT2D eigenvalue weighted by Gasteiger charge is -2.14.